The van der Waals surface area contributed by atoms with Crippen LogP contribution in [0.3, 0.4) is 0 Å². The number of hydrogen-bond acceptors (Lipinski definition) is 4. The summed E-state index contributed by atoms with van der Waals surface area (Å²) in [4.78, 5) is 13.1. The average Bonchev–Trinajstić information content (AvgIpc) is 2.87. The summed E-state index contributed by atoms with van der Waals surface area (Å²) in [6, 6.07) is 0.488. The van der Waals surface area contributed by atoms with Crippen LogP contribution in [-0.2, 0) is 14.3 Å². The first-order chi connectivity index (χ1) is 7.70. The second-order valence-electron chi connectivity index (χ2n) is 4.39. The first-order valence-corrected chi connectivity index (χ1v) is 5.94. The molecule has 0 bridgehead atoms. The van der Waals surface area contributed by atoms with Gasteiger partial charge >= 0.3 is 5.97 Å². The summed E-state index contributed by atoms with van der Waals surface area (Å²) in [6.45, 7) is 4.50. The van der Waals surface area contributed by atoms with E-state index in [4.69, 9.17) is 14.6 Å². The van der Waals surface area contributed by atoms with Crippen LogP contribution in [0.2, 0.25) is 0 Å². The Bertz CT molecular complexity index is 258. The molecule has 5 heteroatoms. The van der Waals surface area contributed by atoms with Crippen molar-refractivity contribution in [2.75, 3.05) is 19.7 Å². The highest BCUT2D eigenvalue weighted by Crippen LogP contribution is 2.25. The van der Waals surface area contributed by atoms with Crippen molar-refractivity contribution in [1.82, 2.24) is 4.90 Å². The Balaban J connectivity index is 1.80. The average molecular weight is 229 g/mol. The smallest absolute Gasteiger partial charge is 0.335 e. The standard InChI is InChI=1S/C11H19NO4/c1-2-12-5-3-4-8(12)6-10-15-7-9(16-10)11(13)14/h8-10H,2-7H2,1H3,(H,13,14). The number of nitrogens with zero attached hydrogens (tertiary/aromatic N) is 1. The Kier molecular flexibility index (Phi) is 3.78. The van der Waals surface area contributed by atoms with Crippen LogP contribution in [0.1, 0.15) is 26.2 Å². The molecule has 0 aromatic rings. The molecule has 0 aliphatic carbocycles. The topological polar surface area (TPSA) is 59.0 Å². The van der Waals surface area contributed by atoms with Gasteiger partial charge in [0.1, 0.15) is 0 Å². The van der Waals surface area contributed by atoms with Crippen molar-refractivity contribution in [3.63, 3.8) is 0 Å². The summed E-state index contributed by atoms with van der Waals surface area (Å²) in [5.41, 5.74) is 0. The number of ether oxygens (including phenoxy) is 2. The lowest BCUT2D eigenvalue weighted by Gasteiger charge is -2.24. The van der Waals surface area contributed by atoms with Crippen LogP contribution >= 0.6 is 0 Å². The first-order valence-electron chi connectivity index (χ1n) is 5.94. The van der Waals surface area contributed by atoms with Crippen molar-refractivity contribution < 1.29 is 19.4 Å². The number of carbonyl (C=O) groups is 1. The van der Waals surface area contributed by atoms with Crippen molar-refractivity contribution in [3.8, 4) is 0 Å². The van der Waals surface area contributed by atoms with Crippen LogP contribution in [0.15, 0.2) is 0 Å². The van der Waals surface area contributed by atoms with Gasteiger partial charge in [0, 0.05) is 12.5 Å². The molecule has 2 heterocycles. The lowest BCUT2D eigenvalue weighted by Crippen LogP contribution is -2.33. The van der Waals surface area contributed by atoms with Gasteiger partial charge < -0.3 is 19.5 Å². The van der Waals surface area contributed by atoms with Gasteiger partial charge in [-0.05, 0) is 25.9 Å². The van der Waals surface area contributed by atoms with Gasteiger partial charge in [0.05, 0.1) is 6.61 Å². The van der Waals surface area contributed by atoms with E-state index in [1.165, 1.54) is 6.42 Å². The van der Waals surface area contributed by atoms with Crippen LogP contribution in [0.4, 0.5) is 0 Å². The second-order valence-corrected chi connectivity index (χ2v) is 4.39. The zero-order valence-electron chi connectivity index (χ0n) is 9.59. The van der Waals surface area contributed by atoms with E-state index in [1.54, 1.807) is 0 Å². The third-order valence-corrected chi connectivity index (χ3v) is 3.39. The summed E-state index contributed by atoms with van der Waals surface area (Å²) in [7, 11) is 0. The van der Waals surface area contributed by atoms with Gasteiger partial charge in [0.25, 0.3) is 0 Å². The maximum absolute atomic E-state index is 10.7. The fourth-order valence-electron chi connectivity index (χ4n) is 2.51. The highest BCUT2D eigenvalue weighted by Gasteiger charge is 2.35. The second kappa shape index (κ2) is 5.12. The molecule has 0 spiro atoms. The Labute approximate surface area is 95.3 Å². The molecule has 2 aliphatic heterocycles. The predicted octanol–water partition coefficient (Wildman–Crippen LogP) is 0.687. The van der Waals surface area contributed by atoms with E-state index >= 15 is 0 Å². The van der Waals surface area contributed by atoms with E-state index in [-0.39, 0.29) is 12.9 Å². The van der Waals surface area contributed by atoms with Crippen molar-refractivity contribution in [1.29, 1.82) is 0 Å². The molecule has 5 nitrogen and oxygen atoms in total. The number of carboxylic acid groups (broad SMARTS) is 1. The zero-order valence-corrected chi connectivity index (χ0v) is 9.59. The number of rotatable bonds is 4. The molecule has 1 N–H and O–H groups in total. The molecule has 3 atom stereocenters. The molecule has 2 rings (SSSR count). The summed E-state index contributed by atoms with van der Waals surface area (Å²) >= 11 is 0. The quantitative estimate of drug-likeness (QED) is 0.768. The molecule has 16 heavy (non-hydrogen) atoms. The van der Waals surface area contributed by atoms with Gasteiger partial charge in [0.2, 0.25) is 0 Å². The lowest BCUT2D eigenvalue weighted by atomic mass is 10.1. The number of aliphatic carboxylic acids is 1. The van der Waals surface area contributed by atoms with Crippen LogP contribution in [0, 0.1) is 0 Å². The fraction of sp³-hybridized carbons (Fsp3) is 0.909. The third kappa shape index (κ3) is 2.53. The summed E-state index contributed by atoms with van der Waals surface area (Å²) in [5, 5.41) is 8.77. The van der Waals surface area contributed by atoms with E-state index in [2.05, 4.69) is 11.8 Å². The van der Waals surface area contributed by atoms with E-state index in [1.807, 2.05) is 0 Å². The monoisotopic (exact) mass is 229 g/mol. The molecule has 0 aromatic carbocycles. The van der Waals surface area contributed by atoms with Gasteiger partial charge in [-0.25, -0.2) is 4.79 Å². The molecule has 2 aliphatic rings. The molecular weight excluding hydrogens is 210 g/mol. The van der Waals surface area contributed by atoms with Crippen LogP contribution in [0.5, 0.6) is 0 Å². The SMILES string of the molecule is CCN1CCCC1CC1OCC(C(=O)O)O1. The van der Waals surface area contributed by atoms with Gasteiger partial charge in [-0.2, -0.15) is 0 Å². The molecule has 2 saturated heterocycles. The van der Waals surface area contributed by atoms with Gasteiger partial charge in [-0.15, -0.1) is 0 Å². The molecule has 0 aromatic heterocycles. The normalized spacial score (nSPS) is 35.7. The van der Waals surface area contributed by atoms with Gasteiger partial charge in [0.15, 0.2) is 12.4 Å². The Morgan fingerprint density at radius 2 is 2.38 bits per heavy atom. The minimum absolute atomic E-state index is 0.179. The molecule has 0 saturated carbocycles. The third-order valence-electron chi connectivity index (χ3n) is 3.39. The molecular formula is C11H19NO4. The van der Waals surface area contributed by atoms with E-state index in [0.717, 1.165) is 25.9 Å². The largest absolute Gasteiger partial charge is 0.479 e. The Hall–Kier alpha value is -0.650. The van der Waals surface area contributed by atoms with Crippen LogP contribution in [-0.4, -0.2) is 54.1 Å². The summed E-state index contributed by atoms with van der Waals surface area (Å²) < 4.78 is 10.7. The van der Waals surface area contributed by atoms with E-state index < -0.39 is 12.1 Å². The fourth-order valence-corrected chi connectivity index (χ4v) is 2.51. The zero-order chi connectivity index (χ0) is 11.5. The summed E-state index contributed by atoms with van der Waals surface area (Å²) in [6.07, 6.45) is 2.06. The maximum atomic E-state index is 10.7. The van der Waals surface area contributed by atoms with E-state index in [9.17, 15) is 4.79 Å². The minimum Gasteiger partial charge on any atom is -0.479 e. The molecule has 0 amide bonds. The molecule has 2 fully saturated rings. The highest BCUT2D eigenvalue weighted by atomic mass is 16.7. The molecule has 3 unspecified atom stereocenters. The van der Waals surface area contributed by atoms with Crippen LogP contribution < -0.4 is 0 Å². The van der Waals surface area contributed by atoms with Crippen LogP contribution in [0.25, 0.3) is 0 Å². The minimum atomic E-state index is -0.929. The maximum Gasteiger partial charge on any atom is 0.335 e. The Morgan fingerprint density at radius 3 is 3.00 bits per heavy atom. The molecule has 92 valence electrons. The van der Waals surface area contributed by atoms with Crippen molar-refractivity contribution in [2.45, 2.75) is 44.6 Å². The first kappa shape index (κ1) is 11.8. The Morgan fingerprint density at radius 1 is 1.56 bits per heavy atom. The predicted molar refractivity (Wildman–Crippen MR) is 57.1 cm³/mol. The van der Waals surface area contributed by atoms with Gasteiger partial charge in [-0.3, -0.25) is 0 Å². The van der Waals surface area contributed by atoms with Crippen molar-refractivity contribution in [3.05, 3.63) is 0 Å². The van der Waals surface area contributed by atoms with Crippen molar-refractivity contribution >= 4 is 5.97 Å². The molecule has 0 radical (unpaired) electrons. The van der Waals surface area contributed by atoms with Crippen molar-refractivity contribution in [2.24, 2.45) is 0 Å². The number of likely N-dealkylation sites (tertiary alicyclic amines) is 1. The van der Waals surface area contributed by atoms with Gasteiger partial charge in [-0.1, -0.05) is 6.92 Å². The highest BCUT2D eigenvalue weighted by molar-refractivity contribution is 5.72. The lowest BCUT2D eigenvalue weighted by molar-refractivity contribution is -0.151. The summed E-state index contributed by atoms with van der Waals surface area (Å²) in [5.74, 6) is -0.929. The number of carboxylic acids is 1. The number of hydrogen-bond donors (Lipinski definition) is 1. The van der Waals surface area contributed by atoms with E-state index in [0.29, 0.717) is 6.04 Å².